The first-order valence-corrected chi connectivity index (χ1v) is 9.67. The van der Waals surface area contributed by atoms with Crippen molar-refractivity contribution in [1.29, 1.82) is 0 Å². The lowest BCUT2D eigenvalue weighted by Crippen LogP contribution is -2.40. The molecule has 1 unspecified atom stereocenters. The third-order valence-electron chi connectivity index (χ3n) is 5.00. The third-order valence-corrected chi connectivity index (χ3v) is 5.28. The van der Waals surface area contributed by atoms with E-state index in [2.05, 4.69) is 27.3 Å². The van der Waals surface area contributed by atoms with E-state index in [4.69, 9.17) is 16.3 Å². The molecule has 0 radical (unpaired) electrons. The maximum absolute atomic E-state index is 12.6. The molecule has 0 aliphatic carbocycles. The number of pyridine rings is 1. The number of amides is 1. The highest BCUT2D eigenvalue weighted by Crippen LogP contribution is 2.28. The Kier molecular flexibility index (Phi) is 5.45. The summed E-state index contributed by atoms with van der Waals surface area (Å²) in [6.45, 7) is 4.09. The molecule has 2 aliphatic rings. The van der Waals surface area contributed by atoms with Crippen molar-refractivity contribution in [3.8, 4) is 0 Å². The van der Waals surface area contributed by atoms with Crippen molar-refractivity contribution in [2.75, 3.05) is 49.6 Å². The second kappa shape index (κ2) is 8.15. The lowest BCUT2D eigenvalue weighted by molar-refractivity contribution is 0.0302. The molecule has 4 rings (SSSR count). The van der Waals surface area contributed by atoms with Crippen molar-refractivity contribution in [3.05, 3.63) is 53.2 Å². The lowest BCUT2D eigenvalue weighted by atomic mass is 10.2. The van der Waals surface area contributed by atoms with Gasteiger partial charge < -0.3 is 19.9 Å². The number of benzene rings is 1. The quantitative estimate of drug-likeness (QED) is 0.875. The van der Waals surface area contributed by atoms with E-state index in [1.807, 2.05) is 18.2 Å². The minimum atomic E-state index is -0.0377. The van der Waals surface area contributed by atoms with Crippen LogP contribution >= 0.6 is 11.6 Å². The predicted molar refractivity (Wildman–Crippen MR) is 107 cm³/mol. The SMILES string of the molecule is O=C(c1cnc(N2CCC(Nc3ccccc3)C2)c(Cl)c1)N1CCOCC1. The summed E-state index contributed by atoms with van der Waals surface area (Å²) in [6.07, 6.45) is 2.65. The first-order valence-electron chi connectivity index (χ1n) is 9.30. The van der Waals surface area contributed by atoms with E-state index in [1.54, 1.807) is 17.2 Å². The molecule has 1 amide bonds. The van der Waals surface area contributed by atoms with Gasteiger partial charge in [-0.2, -0.15) is 0 Å². The van der Waals surface area contributed by atoms with E-state index in [9.17, 15) is 4.79 Å². The molecule has 0 spiro atoms. The number of anilines is 2. The highest BCUT2D eigenvalue weighted by Gasteiger charge is 2.26. The van der Waals surface area contributed by atoms with Gasteiger partial charge in [-0.15, -0.1) is 0 Å². The summed E-state index contributed by atoms with van der Waals surface area (Å²) < 4.78 is 5.30. The van der Waals surface area contributed by atoms with Gasteiger partial charge in [-0.3, -0.25) is 4.79 Å². The van der Waals surface area contributed by atoms with Gasteiger partial charge in [0.15, 0.2) is 0 Å². The summed E-state index contributed by atoms with van der Waals surface area (Å²) in [5, 5.41) is 4.07. The maximum atomic E-state index is 12.6. The van der Waals surface area contributed by atoms with E-state index in [-0.39, 0.29) is 5.91 Å². The molecule has 27 heavy (non-hydrogen) atoms. The lowest BCUT2D eigenvalue weighted by Gasteiger charge is -2.27. The monoisotopic (exact) mass is 386 g/mol. The van der Waals surface area contributed by atoms with Crippen molar-refractivity contribution in [2.24, 2.45) is 0 Å². The third kappa shape index (κ3) is 4.17. The summed E-state index contributed by atoms with van der Waals surface area (Å²) in [4.78, 5) is 21.0. The second-order valence-corrected chi connectivity index (χ2v) is 7.28. The van der Waals surface area contributed by atoms with Crippen LogP contribution in [0.2, 0.25) is 5.02 Å². The minimum Gasteiger partial charge on any atom is -0.380 e. The topological polar surface area (TPSA) is 57.7 Å². The Morgan fingerprint density at radius 3 is 2.70 bits per heavy atom. The molecule has 1 aromatic carbocycles. The van der Waals surface area contributed by atoms with Crippen LogP contribution in [0.1, 0.15) is 16.8 Å². The largest absolute Gasteiger partial charge is 0.380 e. The highest BCUT2D eigenvalue weighted by atomic mass is 35.5. The van der Waals surface area contributed by atoms with Crippen LogP contribution in [-0.4, -0.2) is 61.2 Å². The number of hydrogen-bond acceptors (Lipinski definition) is 5. The van der Waals surface area contributed by atoms with Crippen molar-refractivity contribution in [3.63, 3.8) is 0 Å². The fourth-order valence-corrected chi connectivity index (χ4v) is 3.86. The fraction of sp³-hybridized carbons (Fsp3) is 0.400. The van der Waals surface area contributed by atoms with Gasteiger partial charge in [0.1, 0.15) is 5.82 Å². The first-order chi connectivity index (χ1) is 13.2. The van der Waals surface area contributed by atoms with Crippen LogP contribution in [0.25, 0.3) is 0 Å². The van der Waals surface area contributed by atoms with Crippen LogP contribution in [-0.2, 0) is 4.74 Å². The number of aromatic nitrogens is 1. The molecule has 2 aromatic rings. The van der Waals surface area contributed by atoms with Crippen LogP contribution in [0.15, 0.2) is 42.6 Å². The Hall–Kier alpha value is -2.31. The van der Waals surface area contributed by atoms with Crippen molar-refractivity contribution >= 4 is 29.0 Å². The minimum absolute atomic E-state index is 0.0377. The van der Waals surface area contributed by atoms with Gasteiger partial charge in [0, 0.05) is 44.1 Å². The van der Waals surface area contributed by atoms with Crippen molar-refractivity contribution < 1.29 is 9.53 Å². The molecular formula is C20H23ClN4O2. The van der Waals surface area contributed by atoms with Gasteiger partial charge in [-0.1, -0.05) is 29.8 Å². The maximum Gasteiger partial charge on any atom is 0.255 e. The molecule has 3 heterocycles. The molecular weight excluding hydrogens is 364 g/mol. The van der Waals surface area contributed by atoms with E-state index in [1.165, 1.54) is 0 Å². The zero-order valence-corrected chi connectivity index (χ0v) is 15.9. The van der Waals surface area contributed by atoms with Crippen molar-refractivity contribution in [2.45, 2.75) is 12.5 Å². The standard InChI is InChI=1S/C20H23ClN4O2/c21-18-12-15(20(26)24-8-10-27-11-9-24)13-22-19(18)25-7-6-17(14-25)23-16-4-2-1-3-5-16/h1-5,12-13,17,23H,6-11,14H2. The summed E-state index contributed by atoms with van der Waals surface area (Å²) in [7, 11) is 0. The Bertz CT molecular complexity index is 796. The van der Waals surface area contributed by atoms with E-state index in [0.29, 0.717) is 42.9 Å². The number of nitrogens with zero attached hydrogens (tertiary/aromatic N) is 3. The van der Waals surface area contributed by atoms with Gasteiger partial charge >= 0.3 is 0 Å². The van der Waals surface area contributed by atoms with E-state index >= 15 is 0 Å². The summed E-state index contributed by atoms with van der Waals surface area (Å²) >= 11 is 6.48. The molecule has 0 saturated carbocycles. The van der Waals surface area contributed by atoms with Crippen LogP contribution in [0, 0.1) is 0 Å². The predicted octanol–water partition coefficient (Wildman–Crippen LogP) is 2.90. The smallest absolute Gasteiger partial charge is 0.255 e. The zero-order chi connectivity index (χ0) is 18.6. The van der Waals surface area contributed by atoms with E-state index < -0.39 is 0 Å². The molecule has 2 saturated heterocycles. The summed E-state index contributed by atoms with van der Waals surface area (Å²) in [6, 6.07) is 12.3. The Labute approximate surface area is 164 Å². The number of morpholine rings is 1. The normalized spacial score (nSPS) is 20.0. The van der Waals surface area contributed by atoms with Crippen LogP contribution in [0.4, 0.5) is 11.5 Å². The number of hydrogen-bond donors (Lipinski definition) is 1. The number of carbonyl (C=O) groups is 1. The number of nitrogens with one attached hydrogen (secondary N) is 1. The van der Waals surface area contributed by atoms with Crippen LogP contribution in [0.3, 0.4) is 0 Å². The van der Waals surface area contributed by atoms with Crippen molar-refractivity contribution in [1.82, 2.24) is 9.88 Å². The number of carbonyl (C=O) groups excluding carboxylic acids is 1. The van der Waals surface area contributed by atoms with Gasteiger partial charge in [-0.25, -0.2) is 4.98 Å². The number of para-hydroxylation sites is 1. The number of ether oxygens (including phenoxy) is 1. The average Bonchev–Trinajstić information content (AvgIpc) is 3.17. The Morgan fingerprint density at radius 2 is 1.96 bits per heavy atom. The molecule has 1 N–H and O–H groups in total. The summed E-state index contributed by atoms with van der Waals surface area (Å²) in [5.74, 6) is 0.705. The molecule has 0 bridgehead atoms. The fourth-order valence-electron chi connectivity index (χ4n) is 3.57. The second-order valence-electron chi connectivity index (χ2n) is 6.88. The Balaban J connectivity index is 1.41. The van der Waals surface area contributed by atoms with Gasteiger partial charge in [0.05, 0.1) is 23.8 Å². The van der Waals surface area contributed by atoms with Gasteiger partial charge in [-0.05, 0) is 24.6 Å². The molecule has 6 nitrogen and oxygen atoms in total. The molecule has 2 fully saturated rings. The molecule has 7 heteroatoms. The molecule has 2 aliphatic heterocycles. The number of halogens is 1. The van der Waals surface area contributed by atoms with Gasteiger partial charge in [0.25, 0.3) is 5.91 Å². The van der Waals surface area contributed by atoms with Crippen LogP contribution in [0.5, 0.6) is 0 Å². The van der Waals surface area contributed by atoms with Gasteiger partial charge in [0.2, 0.25) is 0 Å². The molecule has 1 aromatic heterocycles. The summed E-state index contributed by atoms with van der Waals surface area (Å²) in [5.41, 5.74) is 1.65. The van der Waals surface area contributed by atoms with Crippen LogP contribution < -0.4 is 10.2 Å². The molecule has 142 valence electrons. The Morgan fingerprint density at radius 1 is 1.19 bits per heavy atom. The highest BCUT2D eigenvalue weighted by molar-refractivity contribution is 6.33. The average molecular weight is 387 g/mol. The first kappa shape index (κ1) is 18.1. The number of rotatable bonds is 4. The zero-order valence-electron chi connectivity index (χ0n) is 15.1. The molecule has 1 atom stereocenters. The van der Waals surface area contributed by atoms with E-state index in [0.717, 1.165) is 31.0 Å².